The first-order chi connectivity index (χ1) is 5.86. The van der Waals surface area contributed by atoms with E-state index in [0.717, 1.165) is 5.82 Å². The van der Waals surface area contributed by atoms with Crippen LogP contribution in [0.15, 0.2) is 36.8 Å². The Morgan fingerprint density at radius 3 is 2.83 bits per heavy atom. The fraction of sp³-hybridized carbons (Fsp3) is 0.125. The summed E-state index contributed by atoms with van der Waals surface area (Å²) in [4.78, 5) is 8.16. The molecular weight excluding hydrogens is 149 g/mol. The van der Waals surface area contributed by atoms with Crippen LogP contribution >= 0.6 is 0 Å². The Balaban J connectivity index is 2.18. The van der Waals surface area contributed by atoms with E-state index in [0.29, 0.717) is 0 Å². The molecule has 0 atom stereocenters. The molecule has 4 heteroatoms. The summed E-state index contributed by atoms with van der Waals surface area (Å²) in [5, 5.41) is 0. The van der Waals surface area contributed by atoms with E-state index in [1.165, 1.54) is 0 Å². The standard InChI is InChI=1S/C8H9BN3/c1-11-6-7-12(9-11)8-4-2-3-5-10-8/h2-7H,1H3. The zero-order chi connectivity index (χ0) is 8.39. The highest BCUT2D eigenvalue weighted by Gasteiger charge is 2.13. The second kappa shape index (κ2) is 2.89. The van der Waals surface area contributed by atoms with Crippen molar-refractivity contribution in [2.75, 3.05) is 11.9 Å². The molecule has 0 amide bonds. The van der Waals surface area contributed by atoms with Gasteiger partial charge in [0, 0.05) is 18.6 Å². The summed E-state index contributed by atoms with van der Waals surface area (Å²) in [6.45, 7) is 0. The van der Waals surface area contributed by atoms with E-state index in [4.69, 9.17) is 0 Å². The Labute approximate surface area is 72.6 Å². The summed E-state index contributed by atoms with van der Waals surface area (Å²) in [7, 11) is 3.96. The lowest BCUT2D eigenvalue weighted by molar-refractivity contribution is 0.746. The molecule has 0 spiro atoms. The van der Waals surface area contributed by atoms with Gasteiger partial charge in [0.15, 0.2) is 0 Å². The van der Waals surface area contributed by atoms with Gasteiger partial charge in [-0.25, -0.2) is 4.98 Å². The van der Waals surface area contributed by atoms with Crippen LogP contribution in [0.1, 0.15) is 0 Å². The molecule has 1 aliphatic heterocycles. The Morgan fingerprint density at radius 1 is 1.33 bits per heavy atom. The highest BCUT2D eigenvalue weighted by atomic mass is 15.2. The van der Waals surface area contributed by atoms with Crippen LogP contribution in [-0.2, 0) is 0 Å². The molecule has 0 unspecified atom stereocenters. The van der Waals surface area contributed by atoms with Crippen LogP contribution in [0, 0.1) is 0 Å². The Kier molecular flexibility index (Phi) is 1.74. The van der Waals surface area contributed by atoms with Crippen molar-refractivity contribution < 1.29 is 0 Å². The van der Waals surface area contributed by atoms with E-state index in [2.05, 4.69) is 4.98 Å². The molecule has 2 heterocycles. The molecule has 0 saturated carbocycles. The van der Waals surface area contributed by atoms with Crippen molar-refractivity contribution in [3.63, 3.8) is 0 Å². The summed E-state index contributed by atoms with van der Waals surface area (Å²) in [5.41, 5.74) is 0. The third-order valence-electron chi connectivity index (χ3n) is 1.68. The second-order valence-corrected chi connectivity index (χ2v) is 2.67. The molecule has 1 aromatic heterocycles. The third kappa shape index (κ3) is 1.28. The minimum atomic E-state index is 0.943. The maximum Gasteiger partial charge on any atom is 0.396 e. The van der Waals surface area contributed by atoms with Crippen molar-refractivity contribution in [1.82, 2.24) is 9.79 Å². The Bertz CT molecular complexity index is 286. The first kappa shape index (κ1) is 7.22. The van der Waals surface area contributed by atoms with E-state index >= 15 is 0 Å². The summed E-state index contributed by atoms with van der Waals surface area (Å²) in [6.07, 6.45) is 5.74. The smallest absolute Gasteiger partial charge is 0.396 e. The maximum absolute atomic E-state index is 4.21. The van der Waals surface area contributed by atoms with Crippen molar-refractivity contribution >= 4 is 13.4 Å². The monoisotopic (exact) mass is 158 g/mol. The number of hydrogen-bond donors (Lipinski definition) is 0. The summed E-state index contributed by atoms with van der Waals surface area (Å²) in [6, 6.07) is 5.86. The van der Waals surface area contributed by atoms with Crippen molar-refractivity contribution in [2.24, 2.45) is 0 Å². The molecule has 59 valence electrons. The average Bonchev–Trinajstić information content (AvgIpc) is 2.54. The number of anilines is 1. The van der Waals surface area contributed by atoms with Gasteiger partial charge in [-0.3, -0.25) is 0 Å². The highest BCUT2D eigenvalue weighted by molar-refractivity contribution is 6.40. The van der Waals surface area contributed by atoms with Gasteiger partial charge in [-0.1, -0.05) is 6.07 Å². The van der Waals surface area contributed by atoms with Gasteiger partial charge in [0.2, 0.25) is 0 Å². The lowest BCUT2D eigenvalue weighted by Crippen LogP contribution is -2.26. The number of nitrogens with zero attached hydrogens (tertiary/aromatic N) is 3. The van der Waals surface area contributed by atoms with E-state index < -0.39 is 0 Å². The molecule has 1 radical (unpaired) electrons. The molecule has 0 aliphatic carbocycles. The van der Waals surface area contributed by atoms with Gasteiger partial charge in [0.1, 0.15) is 5.82 Å². The van der Waals surface area contributed by atoms with Crippen LogP contribution in [0.2, 0.25) is 0 Å². The van der Waals surface area contributed by atoms with Crippen molar-refractivity contribution in [1.29, 1.82) is 0 Å². The van der Waals surface area contributed by atoms with E-state index in [-0.39, 0.29) is 0 Å². The average molecular weight is 158 g/mol. The molecule has 3 nitrogen and oxygen atoms in total. The topological polar surface area (TPSA) is 19.4 Å². The van der Waals surface area contributed by atoms with E-state index in [1.807, 2.05) is 54.8 Å². The SMILES string of the molecule is CN1[B]N(c2ccccn2)C=C1. The van der Waals surface area contributed by atoms with Crippen molar-refractivity contribution in [3.05, 3.63) is 36.8 Å². The molecule has 0 bridgehead atoms. The molecule has 0 saturated heterocycles. The number of aromatic nitrogens is 1. The first-order valence-corrected chi connectivity index (χ1v) is 3.81. The minimum absolute atomic E-state index is 0.943. The fourth-order valence-corrected chi connectivity index (χ4v) is 1.09. The minimum Gasteiger partial charge on any atom is -0.406 e. The first-order valence-electron chi connectivity index (χ1n) is 3.81. The van der Waals surface area contributed by atoms with Crippen LogP contribution in [0.4, 0.5) is 5.82 Å². The number of hydrogen-bond acceptors (Lipinski definition) is 3. The zero-order valence-electron chi connectivity index (χ0n) is 6.88. The van der Waals surface area contributed by atoms with Crippen LogP contribution in [0.25, 0.3) is 0 Å². The number of rotatable bonds is 1. The summed E-state index contributed by atoms with van der Waals surface area (Å²) in [5.74, 6) is 0.943. The molecule has 1 aliphatic rings. The van der Waals surface area contributed by atoms with Crippen molar-refractivity contribution in [2.45, 2.75) is 0 Å². The molecule has 0 N–H and O–H groups in total. The van der Waals surface area contributed by atoms with Crippen molar-refractivity contribution in [3.8, 4) is 0 Å². The van der Waals surface area contributed by atoms with Gasteiger partial charge < -0.3 is 9.62 Å². The van der Waals surface area contributed by atoms with E-state index in [1.54, 1.807) is 6.20 Å². The molecule has 1 aromatic rings. The predicted octanol–water partition coefficient (Wildman–Crippen LogP) is 0.839. The van der Waals surface area contributed by atoms with Gasteiger partial charge in [-0.05, 0) is 19.2 Å². The Hall–Kier alpha value is -1.45. The highest BCUT2D eigenvalue weighted by Crippen LogP contribution is 2.12. The zero-order valence-corrected chi connectivity index (χ0v) is 6.88. The summed E-state index contributed by atoms with van der Waals surface area (Å²) < 4.78 is 0. The summed E-state index contributed by atoms with van der Waals surface area (Å²) >= 11 is 0. The lowest BCUT2D eigenvalue weighted by atomic mass is 10.1. The van der Waals surface area contributed by atoms with E-state index in [9.17, 15) is 0 Å². The third-order valence-corrected chi connectivity index (χ3v) is 1.68. The van der Waals surface area contributed by atoms with Crippen LogP contribution in [-0.4, -0.2) is 24.4 Å². The van der Waals surface area contributed by atoms with Gasteiger partial charge in [0.05, 0.1) is 0 Å². The lowest BCUT2D eigenvalue weighted by Gasteiger charge is -2.14. The van der Waals surface area contributed by atoms with Gasteiger partial charge in [-0.2, -0.15) is 0 Å². The molecule has 2 rings (SSSR count). The van der Waals surface area contributed by atoms with Gasteiger partial charge in [-0.15, -0.1) is 0 Å². The molecule has 12 heavy (non-hydrogen) atoms. The van der Waals surface area contributed by atoms with Gasteiger partial charge in [0.25, 0.3) is 0 Å². The molecule has 0 fully saturated rings. The number of pyridine rings is 1. The largest absolute Gasteiger partial charge is 0.406 e. The maximum atomic E-state index is 4.21. The van der Waals surface area contributed by atoms with Gasteiger partial charge >= 0.3 is 7.55 Å². The predicted molar refractivity (Wildman–Crippen MR) is 49.4 cm³/mol. The van der Waals surface area contributed by atoms with Crippen LogP contribution in [0.5, 0.6) is 0 Å². The van der Waals surface area contributed by atoms with Crippen LogP contribution in [0.3, 0.4) is 0 Å². The Morgan fingerprint density at radius 2 is 2.25 bits per heavy atom. The quantitative estimate of drug-likeness (QED) is 0.564. The second-order valence-electron chi connectivity index (χ2n) is 2.67. The normalized spacial score (nSPS) is 15.1. The van der Waals surface area contributed by atoms with Crippen LogP contribution < -0.4 is 4.81 Å². The fourth-order valence-electron chi connectivity index (χ4n) is 1.09. The molecule has 0 aromatic carbocycles. The molecular formula is C8H9BN3.